The van der Waals surface area contributed by atoms with Gasteiger partial charge in [0.05, 0.1) is 13.7 Å². The van der Waals surface area contributed by atoms with E-state index >= 15 is 0 Å². The Morgan fingerprint density at radius 1 is 1.12 bits per heavy atom. The summed E-state index contributed by atoms with van der Waals surface area (Å²) in [5.41, 5.74) is 5.10. The minimum atomic E-state index is -0.0141. The van der Waals surface area contributed by atoms with Crippen molar-refractivity contribution in [2.24, 2.45) is 0 Å². The highest BCUT2D eigenvalue weighted by atomic mass is 16.5. The molecule has 24 heavy (non-hydrogen) atoms. The van der Waals surface area contributed by atoms with Crippen molar-refractivity contribution in [2.75, 3.05) is 20.3 Å². The van der Waals surface area contributed by atoms with Crippen LogP contribution >= 0.6 is 0 Å². The Labute approximate surface area is 144 Å². The molecule has 0 heterocycles. The highest BCUT2D eigenvalue weighted by Crippen LogP contribution is 2.28. The summed E-state index contributed by atoms with van der Waals surface area (Å²) in [7, 11) is 1.62. The van der Waals surface area contributed by atoms with Crippen molar-refractivity contribution >= 4 is 0 Å². The Bertz CT molecular complexity index is 670. The summed E-state index contributed by atoms with van der Waals surface area (Å²) in [5.74, 6) is 1.33. The number of ether oxygens (including phenoxy) is 2. The smallest absolute Gasteiger partial charge is 0.161 e. The van der Waals surface area contributed by atoms with Crippen LogP contribution in [0.15, 0.2) is 36.4 Å². The van der Waals surface area contributed by atoms with Crippen LogP contribution in [0.25, 0.3) is 0 Å². The van der Waals surface area contributed by atoms with Gasteiger partial charge in [0.25, 0.3) is 0 Å². The first-order valence-corrected chi connectivity index (χ1v) is 8.27. The minimum absolute atomic E-state index is 0.0141. The number of rotatable bonds is 8. The molecule has 2 N–H and O–H groups in total. The first kappa shape index (κ1) is 18.3. The molecular formula is C20H27NO3. The number of aliphatic hydroxyl groups is 1. The van der Waals surface area contributed by atoms with E-state index in [1.807, 2.05) is 18.2 Å². The zero-order chi connectivity index (χ0) is 17.5. The van der Waals surface area contributed by atoms with Crippen molar-refractivity contribution in [1.29, 1.82) is 0 Å². The summed E-state index contributed by atoms with van der Waals surface area (Å²) in [5, 5.41) is 12.4. The lowest BCUT2D eigenvalue weighted by molar-refractivity contribution is 0.196. The molecule has 0 aliphatic carbocycles. The molecule has 0 saturated carbocycles. The van der Waals surface area contributed by atoms with Gasteiger partial charge in [-0.2, -0.15) is 0 Å². The van der Waals surface area contributed by atoms with Crippen LogP contribution in [-0.2, 0) is 6.54 Å². The Morgan fingerprint density at radius 2 is 1.92 bits per heavy atom. The van der Waals surface area contributed by atoms with Gasteiger partial charge in [0.2, 0.25) is 0 Å². The van der Waals surface area contributed by atoms with E-state index in [1.54, 1.807) is 7.11 Å². The van der Waals surface area contributed by atoms with Gasteiger partial charge < -0.3 is 19.9 Å². The SMILES string of the molecule is COc1cc(CNC(C)c2cccc(C)c2C)ccc1OCCO. The summed E-state index contributed by atoms with van der Waals surface area (Å²) in [6.07, 6.45) is 0. The molecule has 0 fully saturated rings. The molecule has 0 saturated heterocycles. The average Bonchev–Trinajstić information content (AvgIpc) is 2.60. The molecule has 1 unspecified atom stereocenters. The van der Waals surface area contributed by atoms with Crippen molar-refractivity contribution in [2.45, 2.75) is 33.4 Å². The summed E-state index contributed by atoms with van der Waals surface area (Å²) in [4.78, 5) is 0. The number of hydrogen-bond donors (Lipinski definition) is 2. The third-order valence-electron chi connectivity index (χ3n) is 4.30. The van der Waals surface area contributed by atoms with Gasteiger partial charge in [-0.3, -0.25) is 0 Å². The Balaban J connectivity index is 2.04. The number of benzene rings is 2. The number of nitrogens with one attached hydrogen (secondary N) is 1. The molecule has 0 aliphatic heterocycles. The highest BCUT2D eigenvalue weighted by molar-refractivity contribution is 5.43. The molecule has 0 amide bonds. The largest absolute Gasteiger partial charge is 0.493 e. The first-order chi connectivity index (χ1) is 11.6. The standard InChI is InChI=1S/C20H27NO3/c1-14-6-5-7-18(15(14)2)16(3)21-13-17-8-9-19(24-11-10-22)20(12-17)23-4/h5-9,12,16,21-22H,10-11,13H2,1-4H3. The lowest BCUT2D eigenvalue weighted by atomic mass is 9.98. The van der Waals surface area contributed by atoms with Crippen molar-refractivity contribution in [3.05, 3.63) is 58.7 Å². The van der Waals surface area contributed by atoms with Crippen LogP contribution in [0.3, 0.4) is 0 Å². The zero-order valence-electron chi connectivity index (χ0n) is 14.9. The maximum atomic E-state index is 8.87. The number of aliphatic hydroxyl groups excluding tert-OH is 1. The van der Waals surface area contributed by atoms with Crippen LogP contribution in [0.4, 0.5) is 0 Å². The van der Waals surface area contributed by atoms with Crippen molar-refractivity contribution < 1.29 is 14.6 Å². The van der Waals surface area contributed by atoms with Crippen LogP contribution in [0.1, 0.15) is 35.2 Å². The monoisotopic (exact) mass is 329 g/mol. The molecule has 0 aliphatic rings. The predicted octanol–water partition coefficient (Wildman–Crippen LogP) is 3.53. The lowest BCUT2D eigenvalue weighted by Crippen LogP contribution is -2.19. The normalized spacial score (nSPS) is 12.0. The minimum Gasteiger partial charge on any atom is -0.493 e. The topological polar surface area (TPSA) is 50.7 Å². The van der Waals surface area contributed by atoms with Crippen LogP contribution in [-0.4, -0.2) is 25.4 Å². The van der Waals surface area contributed by atoms with Gasteiger partial charge in [0.15, 0.2) is 11.5 Å². The Kier molecular flexibility index (Phi) is 6.64. The molecule has 0 aromatic heterocycles. The van der Waals surface area contributed by atoms with Gasteiger partial charge in [-0.1, -0.05) is 24.3 Å². The fourth-order valence-corrected chi connectivity index (χ4v) is 2.72. The van der Waals surface area contributed by atoms with Crippen molar-refractivity contribution in [3.8, 4) is 11.5 Å². The van der Waals surface area contributed by atoms with Gasteiger partial charge in [0.1, 0.15) is 6.61 Å². The van der Waals surface area contributed by atoms with E-state index in [-0.39, 0.29) is 19.3 Å². The van der Waals surface area contributed by atoms with Crippen LogP contribution in [0, 0.1) is 13.8 Å². The van der Waals surface area contributed by atoms with Gasteiger partial charge in [0, 0.05) is 12.6 Å². The van der Waals surface area contributed by atoms with E-state index in [0.717, 1.165) is 12.1 Å². The predicted molar refractivity (Wildman–Crippen MR) is 96.7 cm³/mol. The highest BCUT2D eigenvalue weighted by Gasteiger charge is 2.10. The van der Waals surface area contributed by atoms with Crippen LogP contribution in [0.5, 0.6) is 11.5 Å². The molecule has 2 aromatic carbocycles. The van der Waals surface area contributed by atoms with Gasteiger partial charge >= 0.3 is 0 Å². The molecule has 0 bridgehead atoms. The van der Waals surface area contributed by atoms with Gasteiger partial charge in [-0.05, 0) is 55.2 Å². The van der Waals surface area contributed by atoms with E-state index in [0.29, 0.717) is 11.5 Å². The van der Waals surface area contributed by atoms with Gasteiger partial charge in [-0.15, -0.1) is 0 Å². The fourth-order valence-electron chi connectivity index (χ4n) is 2.72. The number of hydrogen-bond acceptors (Lipinski definition) is 4. The third-order valence-corrected chi connectivity index (χ3v) is 4.30. The quantitative estimate of drug-likeness (QED) is 0.778. The molecule has 4 nitrogen and oxygen atoms in total. The van der Waals surface area contributed by atoms with Crippen LogP contribution in [0.2, 0.25) is 0 Å². The second-order valence-corrected chi connectivity index (χ2v) is 5.95. The molecular weight excluding hydrogens is 302 g/mol. The molecule has 130 valence electrons. The van der Waals surface area contributed by atoms with Crippen molar-refractivity contribution in [3.63, 3.8) is 0 Å². The summed E-state index contributed by atoms with van der Waals surface area (Å²) in [6.45, 7) is 7.47. The second kappa shape index (κ2) is 8.71. The molecule has 4 heteroatoms. The number of aryl methyl sites for hydroxylation is 1. The maximum absolute atomic E-state index is 8.87. The van der Waals surface area contributed by atoms with Gasteiger partial charge in [-0.25, -0.2) is 0 Å². The van der Waals surface area contributed by atoms with E-state index in [2.05, 4.69) is 44.3 Å². The fraction of sp³-hybridized carbons (Fsp3) is 0.400. The molecule has 2 rings (SSSR count). The summed E-state index contributed by atoms with van der Waals surface area (Å²) >= 11 is 0. The summed E-state index contributed by atoms with van der Waals surface area (Å²) in [6, 6.07) is 12.5. The van der Waals surface area contributed by atoms with E-state index in [1.165, 1.54) is 16.7 Å². The molecule has 1 atom stereocenters. The average molecular weight is 329 g/mol. The molecule has 0 radical (unpaired) electrons. The maximum Gasteiger partial charge on any atom is 0.161 e. The lowest BCUT2D eigenvalue weighted by Gasteiger charge is -2.18. The first-order valence-electron chi connectivity index (χ1n) is 8.27. The second-order valence-electron chi connectivity index (χ2n) is 5.95. The van der Waals surface area contributed by atoms with Crippen molar-refractivity contribution in [1.82, 2.24) is 5.32 Å². The molecule has 2 aromatic rings. The third kappa shape index (κ3) is 4.49. The Hall–Kier alpha value is -2.04. The van der Waals surface area contributed by atoms with Crippen LogP contribution < -0.4 is 14.8 Å². The van der Waals surface area contributed by atoms with E-state index in [9.17, 15) is 0 Å². The Morgan fingerprint density at radius 3 is 2.62 bits per heavy atom. The summed E-state index contributed by atoms with van der Waals surface area (Å²) < 4.78 is 10.8. The number of methoxy groups -OCH3 is 1. The van der Waals surface area contributed by atoms with E-state index < -0.39 is 0 Å². The molecule has 0 spiro atoms. The zero-order valence-corrected chi connectivity index (χ0v) is 14.9. The van der Waals surface area contributed by atoms with E-state index in [4.69, 9.17) is 14.6 Å².